The Hall–Kier alpha value is -1.28. The number of hydrogen-bond acceptors (Lipinski definition) is 4. The second-order valence-corrected chi connectivity index (χ2v) is 8.57. The molecule has 1 fully saturated rings. The summed E-state index contributed by atoms with van der Waals surface area (Å²) >= 11 is 0. The monoisotopic (exact) mass is 379 g/mol. The average molecular weight is 379 g/mol. The van der Waals surface area contributed by atoms with E-state index in [4.69, 9.17) is 5.73 Å². The maximum atomic E-state index is 12.7. The molecular weight excluding hydrogens is 355 g/mol. The van der Waals surface area contributed by atoms with Crippen LogP contribution >= 0.6 is 0 Å². The van der Waals surface area contributed by atoms with Crippen LogP contribution in [0.4, 0.5) is 13.2 Å². The molecule has 1 aliphatic rings. The Morgan fingerprint density at radius 2 is 1.80 bits per heavy atom. The molecule has 0 aliphatic heterocycles. The van der Waals surface area contributed by atoms with Gasteiger partial charge in [0.25, 0.3) is 0 Å². The first-order chi connectivity index (χ1) is 11.7. The summed E-state index contributed by atoms with van der Waals surface area (Å²) < 4.78 is 66.9. The fraction of sp³-hybridized carbons (Fsp3) is 0.647. The highest BCUT2D eigenvalue weighted by Crippen LogP contribution is 2.31. The van der Waals surface area contributed by atoms with Crippen LogP contribution < -0.4 is 10.5 Å². The second-order valence-electron chi connectivity index (χ2n) is 6.54. The molecule has 0 atom stereocenters. The summed E-state index contributed by atoms with van der Waals surface area (Å²) in [6.45, 7) is 0.370. The third kappa shape index (κ3) is 6.51. The molecule has 2 N–H and O–H groups in total. The van der Waals surface area contributed by atoms with Crippen molar-refractivity contribution < 1.29 is 26.3 Å². The Morgan fingerprint density at radius 3 is 2.40 bits per heavy atom. The SMILES string of the molecule is NCCCc1cc(OC(F)(F)F)cc(S(=O)(=O)CC2CCCCC2)c1. The third-order valence-electron chi connectivity index (χ3n) is 4.38. The summed E-state index contributed by atoms with van der Waals surface area (Å²) in [7, 11) is -3.66. The predicted octanol–water partition coefficient (Wildman–Crippen LogP) is 3.83. The zero-order valence-electron chi connectivity index (χ0n) is 14.0. The van der Waals surface area contributed by atoms with Gasteiger partial charge >= 0.3 is 6.36 Å². The summed E-state index contributed by atoms with van der Waals surface area (Å²) in [6.07, 6.45) is 0.884. The average Bonchev–Trinajstić information content (AvgIpc) is 2.51. The standard InChI is InChI=1S/C17H24F3NO3S/c18-17(19,20)24-15-9-14(7-4-8-21)10-16(11-15)25(22,23)12-13-5-2-1-3-6-13/h9-11,13H,1-8,12,21H2. The van der Waals surface area contributed by atoms with Gasteiger partial charge in [-0.2, -0.15) is 0 Å². The topological polar surface area (TPSA) is 69.4 Å². The number of rotatable bonds is 7. The van der Waals surface area contributed by atoms with Crippen LogP contribution in [0, 0.1) is 5.92 Å². The molecule has 1 aromatic rings. The molecule has 0 saturated heterocycles. The van der Waals surface area contributed by atoms with E-state index in [1.165, 1.54) is 12.1 Å². The van der Waals surface area contributed by atoms with E-state index in [9.17, 15) is 21.6 Å². The number of nitrogens with two attached hydrogens (primary N) is 1. The Morgan fingerprint density at radius 1 is 1.12 bits per heavy atom. The highest BCUT2D eigenvalue weighted by Gasteiger charge is 2.32. The fourth-order valence-corrected chi connectivity index (χ4v) is 4.99. The highest BCUT2D eigenvalue weighted by atomic mass is 32.2. The van der Waals surface area contributed by atoms with Gasteiger partial charge in [-0.05, 0) is 61.9 Å². The molecule has 1 saturated carbocycles. The van der Waals surface area contributed by atoms with E-state index in [0.29, 0.717) is 24.9 Å². The molecule has 0 unspecified atom stereocenters. The molecular formula is C17H24F3NO3S. The normalized spacial score (nSPS) is 16.8. The van der Waals surface area contributed by atoms with Crippen molar-refractivity contribution in [3.05, 3.63) is 23.8 Å². The maximum Gasteiger partial charge on any atom is 0.573 e. The lowest BCUT2D eigenvalue weighted by Crippen LogP contribution is -2.20. The van der Waals surface area contributed by atoms with Gasteiger partial charge in [0.1, 0.15) is 5.75 Å². The van der Waals surface area contributed by atoms with E-state index in [2.05, 4.69) is 4.74 Å². The van der Waals surface area contributed by atoms with Crippen LogP contribution in [0.25, 0.3) is 0 Å². The predicted molar refractivity (Wildman–Crippen MR) is 89.1 cm³/mol. The molecule has 25 heavy (non-hydrogen) atoms. The lowest BCUT2D eigenvalue weighted by molar-refractivity contribution is -0.274. The zero-order chi connectivity index (χ0) is 18.5. The zero-order valence-corrected chi connectivity index (χ0v) is 14.8. The third-order valence-corrected chi connectivity index (χ3v) is 6.25. The van der Waals surface area contributed by atoms with Gasteiger partial charge in [-0.1, -0.05) is 19.3 Å². The number of benzene rings is 1. The first-order valence-corrected chi connectivity index (χ1v) is 10.2. The second kappa shape index (κ2) is 8.40. The highest BCUT2D eigenvalue weighted by molar-refractivity contribution is 7.91. The van der Waals surface area contributed by atoms with E-state index in [1.54, 1.807) is 0 Å². The molecule has 0 spiro atoms. The van der Waals surface area contributed by atoms with Crippen molar-refractivity contribution in [2.45, 2.75) is 56.2 Å². The molecule has 0 radical (unpaired) electrons. The smallest absolute Gasteiger partial charge is 0.406 e. The van der Waals surface area contributed by atoms with Gasteiger partial charge in [-0.3, -0.25) is 0 Å². The van der Waals surface area contributed by atoms with Crippen LogP contribution in [-0.2, 0) is 16.3 Å². The van der Waals surface area contributed by atoms with Gasteiger partial charge in [0.15, 0.2) is 9.84 Å². The number of aryl methyl sites for hydroxylation is 1. The Kier molecular flexibility index (Phi) is 6.73. The summed E-state index contributed by atoms with van der Waals surface area (Å²) in [5, 5.41) is 0. The van der Waals surface area contributed by atoms with Crippen LogP contribution in [0.15, 0.2) is 23.1 Å². The fourth-order valence-electron chi connectivity index (χ4n) is 3.21. The lowest BCUT2D eigenvalue weighted by atomic mass is 9.91. The molecule has 0 bridgehead atoms. The van der Waals surface area contributed by atoms with E-state index in [0.717, 1.165) is 38.2 Å². The summed E-state index contributed by atoms with van der Waals surface area (Å²) in [5.41, 5.74) is 5.92. The van der Waals surface area contributed by atoms with Crippen molar-refractivity contribution in [3.8, 4) is 5.75 Å². The Bertz CT molecular complexity index is 668. The van der Waals surface area contributed by atoms with Gasteiger partial charge in [0.2, 0.25) is 0 Å². The molecule has 2 rings (SSSR count). The first kappa shape index (κ1) is 20.0. The van der Waals surface area contributed by atoms with Gasteiger partial charge in [0.05, 0.1) is 10.6 Å². The van der Waals surface area contributed by atoms with E-state index in [-0.39, 0.29) is 16.6 Å². The first-order valence-electron chi connectivity index (χ1n) is 8.52. The van der Waals surface area contributed by atoms with Gasteiger partial charge in [-0.25, -0.2) is 8.42 Å². The molecule has 0 heterocycles. The van der Waals surface area contributed by atoms with Gasteiger partial charge in [-0.15, -0.1) is 13.2 Å². The van der Waals surface area contributed by atoms with Crippen molar-refractivity contribution >= 4 is 9.84 Å². The van der Waals surface area contributed by atoms with Crippen molar-refractivity contribution in [1.82, 2.24) is 0 Å². The van der Waals surface area contributed by atoms with Crippen LogP contribution in [-0.4, -0.2) is 27.1 Å². The van der Waals surface area contributed by atoms with Crippen LogP contribution in [0.5, 0.6) is 5.75 Å². The summed E-state index contributed by atoms with van der Waals surface area (Å²) in [5.74, 6) is -0.457. The molecule has 1 aliphatic carbocycles. The maximum absolute atomic E-state index is 12.7. The molecule has 1 aromatic carbocycles. The van der Waals surface area contributed by atoms with Crippen molar-refractivity contribution in [3.63, 3.8) is 0 Å². The number of halogens is 3. The van der Waals surface area contributed by atoms with Crippen molar-refractivity contribution in [1.29, 1.82) is 0 Å². The summed E-state index contributed by atoms with van der Waals surface area (Å²) in [6, 6.07) is 3.64. The van der Waals surface area contributed by atoms with Crippen LogP contribution in [0.2, 0.25) is 0 Å². The van der Waals surface area contributed by atoms with E-state index >= 15 is 0 Å². The van der Waals surface area contributed by atoms with Crippen molar-refractivity contribution in [2.75, 3.05) is 12.3 Å². The van der Waals surface area contributed by atoms with Crippen molar-refractivity contribution in [2.24, 2.45) is 11.7 Å². The number of sulfone groups is 1. The van der Waals surface area contributed by atoms with Gasteiger partial charge < -0.3 is 10.5 Å². The Labute approximate surface area is 146 Å². The lowest BCUT2D eigenvalue weighted by Gasteiger charge is -2.21. The quantitative estimate of drug-likeness (QED) is 0.782. The summed E-state index contributed by atoms with van der Waals surface area (Å²) in [4.78, 5) is -0.105. The van der Waals surface area contributed by atoms with E-state index < -0.39 is 21.9 Å². The molecule has 8 heteroatoms. The molecule has 142 valence electrons. The molecule has 0 aromatic heterocycles. The molecule has 4 nitrogen and oxygen atoms in total. The minimum Gasteiger partial charge on any atom is -0.406 e. The van der Waals surface area contributed by atoms with Gasteiger partial charge in [0, 0.05) is 0 Å². The Balaban J connectivity index is 2.27. The van der Waals surface area contributed by atoms with E-state index in [1.807, 2.05) is 0 Å². The number of hydrogen-bond donors (Lipinski definition) is 1. The van der Waals surface area contributed by atoms with Crippen LogP contribution in [0.3, 0.4) is 0 Å². The number of alkyl halides is 3. The van der Waals surface area contributed by atoms with Crippen LogP contribution in [0.1, 0.15) is 44.1 Å². The minimum absolute atomic E-state index is 0.0290. The largest absolute Gasteiger partial charge is 0.573 e. The molecule has 0 amide bonds. The number of ether oxygens (including phenoxy) is 1. The minimum atomic E-state index is -4.86.